The van der Waals surface area contributed by atoms with E-state index in [1.165, 1.54) is 19.4 Å². The van der Waals surface area contributed by atoms with Crippen LogP contribution in [-0.4, -0.2) is 49.8 Å². The highest BCUT2D eigenvalue weighted by molar-refractivity contribution is 14.1. The molecule has 0 radical (unpaired) electrons. The van der Waals surface area contributed by atoms with Gasteiger partial charge in [-0.05, 0) is 38.4 Å². The van der Waals surface area contributed by atoms with Gasteiger partial charge < -0.3 is 16.0 Å². The van der Waals surface area contributed by atoms with Crippen molar-refractivity contribution in [1.29, 1.82) is 0 Å². The van der Waals surface area contributed by atoms with Crippen molar-refractivity contribution in [1.82, 2.24) is 25.0 Å². The minimum absolute atomic E-state index is 0.172. The molecule has 1 atom stereocenters. The van der Waals surface area contributed by atoms with E-state index in [-0.39, 0.29) is 5.91 Å². The summed E-state index contributed by atoms with van der Waals surface area (Å²) in [5.41, 5.74) is 2.91. The third-order valence-corrected chi connectivity index (χ3v) is 7.56. The zero-order valence-corrected chi connectivity index (χ0v) is 22.2. The van der Waals surface area contributed by atoms with Crippen LogP contribution in [-0.2, 0) is 13.0 Å². The lowest BCUT2D eigenvalue weighted by molar-refractivity contribution is 0.0964. The molecule has 180 valence electrons. The van der Waals surface area contributed by atoms with Gasteiger partial charge in [0, 0.05) is 38.7 Å². The van der Waals surface area contributed by atoms with Crippen LogP contribution in [0.5, 0.6) is 0 Å². The van der Waals surface area contributed by atoms with Crippen LogP contribution in [0.4, 0.5) is 23.0 Å². The van der Waals surface area contributed by atoms with Crippen LogP contribution in [0.3, 0.4) is 0 Å². The third kappa shape index (κ3) is 5.81. The number of pyridine rings is 1. The van der Waals surface area contributed by atoms with Crippen LogP contribution in [0, 0.1) is 0 Å². The molecular weight excluding hydrogens is 565 g/mol. The van der Waals surface area contributed by atoms with Crippen LogP contribution in [0.15, 0.2) is 42.6 Å². The highest BCUT2D eigenvalue weighted by Crippen LogP contribution is 2.30. The summed E-state index contributed by atoms with van der Waals surface area (Å²) in [6.45, 7) is 5.01. The Morgan fingerprint density at radius 3 is 2.79 bits per heavy atom. The Morgan fingerprint density at radius 1 is 1.24 bits per heavy atom. The number of nitrogens with one attached hydrogen (secondary N) is 3. The van der Waals surface area contributed by atoms with Gasteiger partial charge in [0.25, 0.3) is 5.91 Å². The van der Waals surface area contributed by atoms with Crippen molar-refractivity contribution >= 4 is 63.1 Å². The van der Waals surface area contributed by atoms with Gasteiger partial charge in [0.1, 0.15) is 11.6 Å². The molecule has 3 N–H and O–H groups in total. The van der Waals surface area contributed by atoms with Crippen molar-refractivity contribution in [2.75, 3.05) is 30.8 Å². The summed E-state index contributed by atoms with van der Waals surface area (Å²) in [6, 6.07) is 11.2. The van der Waals surface area contributed by atoms with E-state index < -0.39 is 0 Å². The van der Waals surface area contributed by atoms with Crippen molar-refractivity contribution in [3.63, 3.8) is 0 Å². The average molecular weight is 594 g/mol. The zero-order chi connectivity index (χ0) is 24.1. The summed E-state index contributed by atoms with van der Waals surface area (Å²) >= 11 is 8.95. The molecule has 1 unspecified atom stereocenters. The van der Waals surface area contributed by atoms with Crippen molar-refractivity contribution in [3.05, 3.63) is 58.9 Å². The molecule has 10 heteroatoms. The number of aromatic nitrogens is 3. The number of nitrogens with zero attached hydrogens (tertiary/aromatic N) is 4. The molecule has 1 aliphatic rings. The summed E-state index contributed by atoms with van der Waals surface area (Å²) in [7, 11) is 1.61. The predicted molar refractivity (Wildman–Crippen MR) is 146 cm³/mol. The molecule has 3 aromatic rings. The summed E-state index contributed by atoms with van der Waals surface area (Å²) in [5.74, 6) is 1.35. The van der Waals surface area contributed by atoms with Crippen molar-refractivity contribution in [2.24, 2.45) is 0 Å². The number of para-hydroxylation sites is 1. The normalized spacial score (nSPS) is 15.9. The number of carbonyl (C=O) groups excluding carboxylic acids is 1. The number of hydrogen-bond donors (Lipinski definition) is 3. The van der Waals surface area contributed by atoms with Crippen LogP contribution in [0.25, 0.3) is 0 Å². The fraction of sp³-hybridized carbons (Fsp3) is 0.375. The second-order valence-corrected chi connectivity index (χ2v) is 9.97. The van der Waals surface area contributed by atoms with Gasteiger partial charge in [0.05, 0.1) is 37.9 Å². The van der Waals surface area contributed by atoms with Gasteiger partial charge in [-0.2, -0.15) is 5.10 Å². The summed E-state index contributed by atoms with van der Waals surface area (Å²) in [4.78, 5) is 19.2. The van der Waals surface area contributed by atoms with Crippen molar-refractivity contribution in [3.8, 4) is 0 Å². The van der Waals surface area contributed by atoms with Gasteiger partial charge >= 0.3 is 0 Å². The van der Waals surface area contributed by atoms with Gasteiger partial charge in [-0.25, -0.2) is 9.67 Å². The Morgan fingerprint density at radius 2 is 2.06 bits per heavy atom. The number of anilines is 4. The number of carbonyl (C=O) groups is 1. The molecule has 0 saturated carbocycles. The maximum Gasteiger partial charge on any atom is 0.253 e. The molecule has 2 aromatic heterocycles. The smallest absolute Gasteiger partial charge is 0.253 e. The monoisotopic (exact) mass is 593 g/mol. The van der Waals surface area contributed by atoms with E-state index in [1.54, 1.807) is 19.3 Å². The Bertz CT molecular complexity index is 1150. The number of hydrogen-bond acceptors (Lipinski definition) is 6. The number of amides is 1. The molecule has 4 rings (SSSR count). The number of benzene rings is 1. The maximum atomic E-state index is 12.2. The molecule has 8 nitrogen and oxygen atoms in total. The molecule has 1 saturated heterocycles. The number of rotatable bonds is 9. The van der Waals surface area contributed by atoms with Crippen molar-refractivity contribution in [2.45, 2.75) is 36.8 Å². The lowest BCUT2D eigenvalue weighted by Gasteiger charge is -2.18. The Hall–Kier alpha value is -2.37. The highest BCUT2D eigenvalue weighted by atomic mass is 127. The van der Waals surface area contributed by atoms with Crippen LogP contribution >= 0.6 is 34.2 Å². The van der Waals surface area contributed by atoms with E-state index in [0.717, 1.165) is 31.0 Å². The van der Waals surface area contributed by atoms with Gasteiger partial charge in [-0.15, -0.1) is 0 Å². The Kier molecular flexibility index (Phi) is 8.28. The molecule has 0 spiro atoms. The number of alkyl halides is 1. The largest absolute Gasteiger partial charge is 0.355 e. The molecule has 0 aliphatic carbocycles. The summed E-state index contributed by atoms with van der Waals surface area (Å²) in [6.07, 6.45) is 5.05. The van der Waals surface area contributed by atoms with Crippen LogP contribution in [0.2, 0.25) is 5.02 Å². The fourth-order valence-electron chi connectivity index (χ4n) is 4.03. The van der Waals surface area contributed by atoms with E-state index in [1.807, 2.05) is 28.9 Å². The first-order valence-electron chi connectivity index (χ1n) is 11.4. The molecule has 0 bridgehead atoms. The predicted octanol–water partition coefficient (Wildman–Crippen LogP) is 5.20. The Labute approximate surface area is 218 Å². The average Bonchev–Trinajstić information content (AvgIpc) is 3.44. The first-order chi connectivity index (χ1) is 16.5. The zero-order valence-electron chi connectivity index (χ0n) is 19.3. The van der Waals surface area contributed by atoms with Gasteiger partial charge in [-0.3, -0.25) is 9.69 Å². The second-order valence-electron chi connectivity index (χ2n) is 8.12. The van der Waals surface area contributed by atoms with E-state index >= 15 is 0 Å². The third-order valence-electron chi connectivity index (χ3n) is 5.85. The summed E-state index contributed by atoms with van der Waals surface area (Å²) in [5, 5.41) is 14.5. The SMILES string of the molecule is CCn1nc(CCN2CCCC2I)cc1Nc1cc(Nc2ccccc2C(=O)NC)c(Cl)cn1. The fourth-order valence-corrected chi connectivity index (χ4v) is 5.18. The Balaban J connectivity index is 1.50. The first kappa shape index (κ1) is 24.7. The lowest BCUT2D eigenvalue weighted by atomic mass is 10.1. The molecule has 3 heterocycles. The minimum Gasteiger partial charge on any atom is -0.355 e. The van der Waals surface area contributed by atoms with E-state index in [9.17, 15) is 4.79 Å². The number of aryl methyl sites for hydroxylation is 1. The highest BCUT2D eigenvalue weighted by Gasteiger charge is 2.21. The molecular formula is C24H29ClIN7O. The number of halogens is 2. The quantitative estimate of drug-likeness (QED) is 0.180. The molecule has 1 aromatic carbocycles. The van der Waals surface area contributed by atoms with E-state index in [0.29, 0.717) is 31.8 Å². The van der Waals surface area contributed by atoms with Crippen LogP contribution in [0.1, 0.15) is 35.8 Å². The van der Waals surface area contributed by atoms with Crippen LogP contribution < -0.4 is 16.0 Å². The lowest BCUT2D eigenvalue weighted by Crippen LogP contribution is -2.27. The number of likely N-dealkylation sites (tertiary alicyclic amines) is 1. The van der Waals surface area contributed by atoms with Gasteiger partial charge in [0.2, 0.25) is 0 Å². The molecule has 34 heavy (non-hydrogen) atoms. The molecule has 1 fully saturated rings. The van der Waals surface area contributed by atoms with Gasteiger partial charge in [-0.1, -0.05) is 46.3 Å². The second kappa shape index (κ2) is 11.4. The standard InChI is InChI=1S/C24H29ClIN7O/c1-3-33-23(13-16(31-33)10-12-32-11-6-9-21(32)26)30-22-14-20(18(25)15-28-22)29-19-8-5-4-7-17(19)24(34)27-2/h4-5,7-8,13-15,21H,3,6,9-12H2,1-2H3,(H,27,34)(H2,28,29,30). The molecule has 1 amide bonds. The summed E-state index contributed by atoms with van der Waals surface area (Å²) < 4.78 is 2.58. The van der Waals surface area contributed by atoms with Gasteiger partial charge in [0.15, 0.2) is 0 Å². The molecule has 1 aliphatic heterocycles. The van der Waals surface area contributed by atoms with Crippen molar-refractivity contribution < 1.29 is 4.79 Å². The van der Waals surface area contributed by atoms with E-state index in [2.05, 4.69) is 61.4 Å². The first-order valence-corrected chi connectivity index (χ1v) is 13.1. The maximum absolute atomic E-state index is 12.2. The minimum atomic E-state index is -0.172. The van der Waals surface area contributed by atoms with E-state index in [4.69, 9.17) is 16.7 Å². The topological polar surface area (TPSA) is 87.1 Å².